The highest BCUT2D eigenvalue weighted by Gasteiger charge is 2.52. The number of hydrogen-bond acceptors (Lipinski definition) is 7. The highest BCUT2D eigenvalue weighted by Crippen LogP contribution is 2.54. The first-order chi connectivity index (χ1) is 27.6. The largest absolute Gasteiger partial charge is 0.492 e. The molecule has 1 N–H and O–H groups in total. The van der Waals surface area contributed by atoms with Crippen LogP contribution in [0.1, 0.15) is 135 Å². The topological polar surface area (TPSA) is 114 Å². The number of likely N-dealkylation sites (tertiary alicyclic amines) is 1. The number of imide groups is 1. The molecule has 2 saturated carbocycles. The minimum atomic E-state index is -1.06. The van der Waals surface area contributed by atoms with Crippen LogP contribution in [0, 0.1) is 0 Å². The van der Waals surface area contributed by atoms with Crippen molar-refractivity contribution in [2.24, 2.45) is 0 Å². The number of fused-ring (bicyclic) bond motifs is 11. The first-order valence-electron chi connectivity index (χ1n) is 21.2. The summed E-state index contributed by atoms with van der Waals surface area (Å²) < 4.78 is 8.73. The second-order valence-electron chi connectivity index (χ2n) is 18.3. The van der Waals surface area contributed by atoms with Crippen LogP contribution in [0.4, 0.5) is 0 Å². The monoisotopic (exact) mass is 785 g/mol. The Morgan fingerprint density at radius 1 is 0.877 bits per heavy atom. The molecular formula is C46H48ClN5O5. The molecule has 4 fully saturated rings. The molecule has 10 nitrogen and oxygen atoms in total. The summed E-state index contributed by atoms with van der Waals surface area (Å²) in [6.07, 6.45) is 12.8. The van der Waals surface area contributed by atoms with Gasteiger partial charge in [-0.05, 0) is 119 Å². The minimum absolute atomic E-state index is 0.0689. The summed E-state index contributed by atoms with van der Waals surface area (Å²) in [6, 6.07) is 17.5. The summed E-state index contributed by atoms with van der Waals surface area (Å²) in [5.74, 6) is 1.38. The fourth-order valence-electron chi connectivity index (χ4n) is 12.1. The molecule has 3 aromatic carbocycles. The molecule has 3 amide bonds. The third kappa shape index (κ3) is 5.08. The number of piperidine rings is 2. The summed E-state index contributed by atoms with van der Waals surface area (Å²) in [6.45, 7) is 4.76. The Morgan fingerprint density at radius 3 is 2.44 bits per heavy atom. The van der Waals surface area contributed by atoms with Gasteiger partial charge in [0.15, 0.2) is 0 Å². The first kappa shape index (κ1) is 35.6. The summed E-state index contributed by atoms with van der Waals surface area (Å²) in [5.41, 5.74) is 5.88. The Labute approximate surface area is 336 Å². The minimum Gasteiger partial charge on any atom is -0.492 e. The molecule has 0 bridgehead atoms. The molecule has 5 aliphatic heterocycles. The molecule has 2 saturated heterocycles. The summed E-state index contributed by atoms with van der Waals surface area (Å²) >= 11 is 6.58. The van der Waals surface area contributed by atoms with Gasteiger partial charge in [0.1, 0.15) is 17.1 Å². The number of nitrogens with one attached hydrogen (secondary N) is 1. The van der Waals surface area contributed by atoms with Gasteiger partial charge >= 0.3 is 0 Å². The number of carbonyl (C=O) groups is 3. The summed E-state index contributed by atoms with van der Waals surface area (Å²) in [7, 11) is 0. The molecule has 0 unspecified atom stereocenters. The van der Waals surface area contributed by atoms with Crippen molar-refractivity contribution in [3.63, 3.8) is 0 Å². The van der Waals surface area contributed by atoms with Crippen molar-refractivity contribution in [2.45, 2.75) is 125 Å². The molecule has 294 valence electrons. The van der Waals surface area contributed by atoms with Crippen LogP contribution < -0.4 is 15.6 Å². The number of nitrogens with zero attached hydrogens (tertiary/aromatic N) is 4. The van der Waals surface area contributed by atoms with Gasteiger partial charge in [0.2, 0.25) is 5.91 Å². The van der Waals surface area contributed by atoms with Crippen LogP contribution in [0.2, 0.25) is 5.02 Å². The van der Waals surface area contributed by atoms with Crippen molar-refractivity contribution in [3.8, 4) is 11.4 Å². The van der Waals surface area contributed by atoms with Crippen LogP contribution in [0.3, 0.4) is 0 Å². The Bertz CT molecular complexity index is 2470. The fraction of sp³-hybridized carbons (Fsp3) is 0.500. The summed E-state index contributed by atoms with van der Waals surface area (Å²) in [4.78, 5) is 61.1. The van der Waals surface area contributed by atoms with Gasteiger partial charge in [-0.1, -0.05) is 55.1 Å². The molecule has 6 heterocycles. The number of amides is 3. The van der Waals surface area contributed by atoms with Gasteiger partial charge in [-0.2, -0.15) is 4.98 Å². The van der Waals surface area contributed by atoms with Crippen LogP contribution in [-0.4, -0.2) is 68.3 Å². The molecular weight excluding hydrogens is 738 g/mol. The van der Waals surface area contributed by atoms with Gasteiger partial charge in [-0.3, -0.25) is 29.1 Å². The lowest BCUT2D eigenvalue weighted by molar-refractivity contribution is -0.142. The summed E-state index contributed by atoms with van der Waals surface area (Å²) in [5, 5.41) is 3.41. The van der Waals surface area contributed by atoms with E-state index in [1.165, 1.54) is 36.0 Å². The fourth-order valence-corrected chi connectivity index (χ4v) is 12.4. The van der Waals surface area contributed by atoms with E-state index in [0.29, 0.717) is 47.5 Å². The average Bonchev–Trinajstić information content (AvgIpc) is 3.85. The lowest BCUT2D eigenvalue weighted by Crippen LogP contribution is -2.61. The van der Waals surface area contributed by atoms with Crippen LogP contribution >= 0.6 is 11.6 Å². The number of ether oxygens (including phenoxy) is 1. The van der Waals surface area contributed by atoms with Gasteiger partial charge in [0, 0.05) is 34.6 Å². The van der Waals surface area contributed by atoms with Crippen molar-refractivity contribution < 1.29 is 19.1 Å². The van der Waals surface area contributed by atoms with Crippen molar-refractivity contribution in [2.75, 3.05) is 19.7 Å². The number of carbonyl (C=O) groups excluding carboxylic acids is 3. The van der Waals surface area contributed by atoms with Gasteiger partial charge in [0.25, 0.3) is 17.4 Å². The van der Waals surface area contributed by atoms with E-state index in [1.807, 2.05) is 18.2 Å². The molecule has 57 heavy (non-hydrogen) atoms. The molecule has 0 radical (unpaired) electrons. The maximum atomic E-state index is 13.6. The molecule has 7 aliphatic rings. The molecule has 1 atom stereocenters. The highest BCUT2D eigenvalue weighted by molar-refractivity contribution is 6.35. The van der Waals surface area contributed by atoms with E-state index in [1.54, 1.807) is 17.9 Å². The lowest BCUT2D eigenvalue weighted by atomic mass is 9.69. The van der Waals surface area contributed by atoms with E-state index >= 15 is 0 Å². The zero-order valence-corrected chi connectivity index (χ0v) is 33.3. The van der Waals surface area contributed by atoms with Crippen molar-refractivity contribution in [3.05, 3.63) is 97.5 Å². The molecule has 2 aliphatic carbocycles. The quantitative estimate of drug-likeness (QED) is 0.219. The van der Waals surface area contributed by atoms with Crippen LogP contribution in [0.25, 0.3) is 16.6 Å². The molecule has 11 rings (SSSR count). The maximum absolute atomic E-state index is 13.6. The number of aromatic nitrogens is 2. The normalized spacial score (nSPS) is 27.3. The predicted molar refractivity (Wildman–Crippen MR) is 216 cm³/mol. The van der Waals surface area contributed by atoms with Crippen molar-refractivity contribution in [1.29, 1.82) is 0 Å². The first-order valence-corrected chi connectivity index (χ1v) is 21.5. The van der Waals surface area contributed by atoms with Gasteiger partial charge in [0.05, 0.1) is 40.2 Å². The van der Waals surface area contributed by atoms with E-state index in [4.69, 9.17) is 21.3 Å². The average molecular weight is 786 g/mol. The van der Waals surface area contributed by atoms with Crippen molar-refractivity contribution in [1.82, 2.24) is 24.7 Å². The van der Waals surface area contributed by atoms with Gasteiger partial charge in [-0.15, -0.1) is 0 Å². The molecule has 1 aromatic heterocycles. The van der Waals surface area contributed by atoms with Crippen molar-refractivity contribution >= 4 is 40.2 Å². The SMILES string of the molecule is C[C@@]1(N2Cc3c(ccc4c3OCC43CCN(C4CCC(c5ccc6c(c5)C5(CCCCC5)c5nc(=O)c7c(Cl)cccc7n5-6)CC4)CC3)C2=O)CCC(=O)NC1=O. The predicted octanol–water partition coefficient (Wildman–Crippen LogP) is 7.21. The smallest absolute Gasteiger partial charge is 0.282 e. The standard InChI is InChI=1S/C46H48ClN5O5/c1-44(19-16-37(53)48-43(44)56)51-25-31-30(41(51)55)13-14-32-39(31)57-26-45(32)20-22-50(23-21-45)29-11-8-27(9-12-29)28-10-15-35-33(24-28)46(17-3-2-4-18-46)42-49-40(54)38-34(47)6-5-7-36(38)52(35)42/h5-7,10,13-15,24,27,29H,2-4,8-9,11-12,16-23,25-26H2,1H3,(H,48,53,56)/t27?,29?,44-/m1/s1. The Hall–Kier alpha value is -4.54. The second-order valence-corrected chi connectivity index (χ2v) is 18.7. The van der Waals surface area contributed by atoms with E-state index in [0.717, 1.165) is 92.8 Å². The maximum Gasteiger partial charge on any atom is 0.282 e. The third-order valence-corrected chi connectivity index (χ3v) is 15.8. The van der Waals surface area contributed by atoms with E-state index in [2.05, 4.69) is 39.0 Å². The van der Waals surface area contributed by atoms with Crippen LogP contribution in [0.15, 0.2) is 53.3 Å². The molecule has 11 heteroatoms. The second kappa shape index (κ2) is 12.7. The number of benzene rings is 3. The Balaban J connectivity index is 0.788. The number of rotatable bonds is 3. The zero-order chi connectivity index (χ0) is 38.8. The van der Waals surface area contributed by atoms with E-state index in [-0.39, 0.29) is 34.6 Å². The Kier molecular flexibility index (Phi) is 7.95. The zero-order valence-electron chi connectivity index (χ0n) is 32.5. The number of hydrogen-bond donors (Lipinski definition) is 1. The number of halogens is 1. The highest BCUT2D eigenvalue weighted by atomic mass is 35.5. The molecule has 2 spiro atoms. The Morgan fingerprint density at radius 2 is 1.67 bits per heavy atom. The lowest BCUT2D eigenvalue weighted by Gasteiger charge is -2.44. The van der Waals surface area contributed by atoms with Gasteiger partial charge < -0.3 is 14.5 Å². The van der Waals surface area contributed by atoms with E-state index < -0.39 is 11.4 Å². The molecule has 4 aromatic rings. The van der Waals surface area contributed by atoms with E-state index in [9.17, 15) is 19.2 Å². The van der Waals surface area contributed by atoms with Crippen LogP contribution in [-0.2, 0) is 27.0 Å². The van der Waals surface area contributed by atoms with Gasteiger partial charge in [-0.25, -0.2) is 0 Å². The van der Waals surface area contributed by atoms with Crippen LogP contribution in [0.5, 0.6) is 5.75 Å². The third-order valence-electron chi connectivity index (χ3n) is 15.5.